The largest absolute Gasteiger partial charge is 0.388 e. The summed E-state index contributed by atoms with van der Waals surface area (Å²) in [5, 5.41) is 10.5. The molecule has 1 heterocycles. The van der Waals surface area contributed by atoms with Crippen LogP contribution in [-0.2, 0) is 11.2 Å². The fourth-order valence-electron chi connectivity index (χ4n) is 3.33. The molecule has 0 bridgehead atoms. The summed E-state index contributed by atoms with van der Waals surface area (Å²) in [4.78, 5) is 2.37. The molecule has 1 fully saturated rings. The predicted molar refractivity (Wildman–Crippen MR) is 76.7 cm³/mol. The molecule has 104 valence electrons. The number of ether oxygens (including phenoxy) is 1. The van der Waals surface area contributed by atoms with Crippen molar-refractivity contribution in [3.63, 3.8) is 0 Å². The third kappa shape index (κ3) is 2.15. The van der Waals surface area contributed by atoms with E-state index in [1.807, 2.05) is 0 Å². The number of aliphatic hydroxyl groups is 1. The standard InChI is InChI=1S/C16H23NO2/c1-11-8-12-10-16(2,3)15(18)13(12)9-14(11)17-4-6-19-7-5-17/h8-9,15,18H,4-7,10H2,1-3H3/t15-/m1/s1. The quantitative estimate of drug-likeness (QED) is 0.843. The SMILES string of the molecule is Cc1cc2c(cc1N1CCOCC1)[C@@H](O)C(C)(C)C2. The Morgan fingerprint density at radius 2 is 1.95 bits per heavy atom. The van der Waals surface area contributed by atoms with Gasteiger partial charge in [0.05, 0.1) is 19.3 Å². The van der Waals surface area contributed by atoms with Crippen LogP contribution >= 0.6 is 0 Å². The molecule has 19 heavy (non-hydrogen) atoms. The molecule has 3 rings (SSSR count). The van der Waals surface area contributed by atoms with E-state index in [-0.39, 0.29) is 11.5 Å². The number of benzene rings is 1. The highest BCUT2D eigenvalue weighted by Gasteiger charge is 2.38. The molecule has 1 aromatic rings. The van der Waals surface area contributed by atoms with E-state index < -0.39 is 0 Å². The number of rotatable bonds is 1. The summed E-state index contributed by atoms with van der Waals surface area (Å²) in [6.07, 6.45) is 0.621. The van der Waals surface area contributed by atoms with Gasteiger partial charge in [0.2, 0.25) is 0 Å². The average Bonchev–Trinajstić information content (AvgIpc) is 2.60. The molecule has 3 nitrogen and oxygen atoms in total. The normalized spacial score (nSPS) is 25.5. The van der Waals surface area contributed by atoms with Gasteiger partial charge in [-0.1, -0.05) is 19.9 Å². The van der Waals surface area contributed by atoms with Crippen molar-refractivity contribution in [2.75, 3.05) is 31.2 Å². The second kappa shape index (κ2) is 4.50. The Hall–Kier alpha value is -1.06. The van der Waals surface area contributed by atoms with E-state index in [1.54, 1.807) is 0 Å². The van der Waals surface area contributed by atoms with Crippen molar-refractivity contribution in [2.24, 2.45) is 5.41 Å². The number of nitrogens with zero attached hydrogens (tertiary/aromatic N) is 1. The smallest absolute Gasteiger partial charge is 0.0847 e. The predicted octanol–water partition coefficient (Wildman–Crippen LogP) is 2.45. The Balaban J connectivity index is 1.98. The number of anilines is 1. The van der Waals surface area contributed by atoms with Crippen LogP contribution in [-0.4, -0.2) is 31.4 Å². The third-order valence-corrected chi connectivity index (χ3v) is 4.49. The second-order valence-corrected chi connectivity index (χ2v) is 6.50. The maximum atomic E-state index is 10.5. The van der Waals surface area contributed by atoms with Crippen LogP contribution in [0.5, 0.6) is 0 Å². The second-order valence-electron chi connectivity index (χ2n) is 6.50. The van der Waals surface area contributed by atoms with Crippen LogP contribution < -0.4 is 4.90 Å². The van der Waals surface area contributed by atoms with Crippen molar-refractivity contribution < 1.29 is 9.84 Å². The summed E-state index contributed by atoms with van der Waals surface area (Å²) in [5.41, 5.74) is 4.96. The zero-order valence-electron chi connectivity index (χ0n) is 12.1. The number of aryl methyl sites for hydroxylation is 1. The Morgan fingerprint density at radius 1 is 1.26 bits per heavy atom. The van der Waals surface area contributed by atoms with Crippen molar-refractivity contribution in [1.82, 2.24) is 0 Å². The van der Waals surface area contributed by atoms with Gasteiger partial charge in [-0.25, -0.2) is 0 Å². The molecule has 0 unspecified atom stereocenters. The molecule has 1 aromatic carbocycles. The van der Waals surface area contributed by atoms with E-state index in [9.17, 15) is 5.11 Å². The highest BCUT2D eigenvalue weighted by molar-refractivity contribution is 5.59. The average molecular weight is 261 g/mol. The Kier molecular flexibility index (Phi) is 3.06. The molecule has 2 aliphatic rings. The maximum Gasteiger partial charge on any atom is 0.0847 e. The van der Waals surface area contributed by atoms with E-state index >= 15 is 0 Å². The summed E-state index contributed by atoms with van der Waals surface area (Å²) < 4.78 is 5.42. The monoisotopic (exact) mass is 261 g/mol. The lowest BCUT2D eigenvalue weighted by atomic mass is 9.87. The van der Waals surface area contributed by atoms with Gasteiger partial charge in [0.25, 0.3) is 0 Å². The van der Waals surface area contributed by atoms with Gasteiger partial charge in [-0.15, -0.1) is 0 Å². The van der Waals surface area contributed by atoms with Crippen LogP contribution in [0.15, 0.2) is 12.1 Å². The van der Waals surface area contributed by atoms with Gasteiger partial charge in [0, 0.05) is 18.8 Å². The zero-order valence-corrected chi connectivity index (χ0v) is 12.1. The van der Waals surface area contributed by atoms with Crippen molar-refractivity contribution in [3.05, 3.63) is 28.8 Å². The summed E-state index contributed by atoms with van der Waals surface area (Å²) in [7, 11) is 0. The zero-order chi connectivity index (χ0) is 13.6. The molecule has 1 saturated heterocycles. The van der Waals surface area contributed by atoms with Gasteiger partial charge < -0.3 is 14.7 Å². The summed E-state index contributed by atoms with van der Waals surface area (Å²) in [6, 6.07) is 4.47. The first kappa shape index (κ1) is 12.9. The minimum atomic E-state index is -0.345. The number of aliphatic hydroxyl groups excluding tert-OH is 1. The van der Waals surface area contributed by atoms with Gasteiger partial charge in [-0.3, -0.25) is 0 Å². The van der Waals surface area contributed by atoms with Crippen molar-refractivity contribution in [3.8, 4) is 0 Å². The van der Waals surface area contributed by atoms with Crippen LogP contribution in [0, 0.1) is 12.3 Å². The topological polar surface area (TPSA) is 32.7 Å². The number of morpholine rings is 1. The maximum absolute atomic E-state index is 10.5. The fourth-order valence-corrected chi connectivity index (χ4v) is 3.33. The molecule has 1 aliphatic heterocycles. The van der Waals surface area contributed by atoms with E-state index in [4.69, 9.17) is 4.74 Å². The van der Waals surface area contributed by atoms with Crippen LogP contribution in [0.3, 0.4) is 0 Å². The van der Waals surface area contributed by atoms with Crippen LogP contribution in [0.25, 0.3) is 0 Å². The third-order valence-electron chi connectivity index (χ3n) is 4.49. The van der Waals surface area contributed by atoms with E-state index in [1.165, 1.54) is 16.8 Å². The van der Waals surface area contributed by atoms with Crippen LogP contribution in [0.1, 0.15) is 36.6 Å². The Labute approximate surface area is 115 Å². The minimum absolute atomic E-state index is 0.0432. The van der Waals surface area contributed by atoms with Gasteiger partial charge in [-0.05, 0) is 41.5 Å². The molecule has 0 aromatic heterocycles. The lowest BCUT2D eigenvalue weighted by Gasteiger charge is -2.31. The van der Waals surface area contributed by atoms with E-state index in [2.05, 4.69) is 37.8 Å². The molecule has 1 aliphatic carbocycles. The molecule has 1 atom stereocenters. The van der Waals surface area contributed by atoms with Crippen LogP contribution in [0.4, 0.5) is 5.69 Å². The lowest BCUT2D eigenvalue weighted by molar-refractivity contribution is 0.0666. The number of hydrogen-bond donors (Lipinski definition) is 1. The molecule has 0 saturated carbocycles. The first-order chi connectivity index (χ1) is 8.99. The molecule has 0 spiro atoms. The number of fused-ring (bicyclic) bond motifs is 1. The van der Waals surface area contributed by atoms with Crippen LogP contribution in [0.2, 0.25) is 0 Å². The molecular weight excluding hydrogens is 238 g/mol. The Bertz CT molecular complexity index is 490. The first-order valence-corrected chi connectivity index (χ1v) is 7.13. The minimum Gasteiger partial charge on any atom is -0.388 e. The molecule has 1 N–H and O–H groups in total. The molecule has 0 radical (unpaired) electrons. The number of hydrogen-bond acceptors (Lipinski definition) is 3. The first-order valence-electron chi connectivity index (χ1n) is 7.13. The summed E-state index contributed by atoms with van der Waals surface area (Å²) in [5.74, 6) is 0. The fraction of sp³-hybridized carbons (Fsp3) is 0.625. The van der Waals surface area contributed by atoms with Crippen molar-refractivity contribution in [1.29, 1.82) is 0 Å². The van der Waals surface area contributed by atoms with Crippen molar-refractivity contribution >= 4 is 5.69 Å². The van der Waals surface area contributed by atoms with Crippen molar-refractivity contribution in [2.45, 2.75) is 33.3 Å². The van der Waals surface area contributed by atoms with Gasteiger partial charge in [0.1, 0.15) is 0 Å². The molecule has 3 heteroatoms. The Morgan fingerprint density at radius 3 is 2.63 bits per heavy atom. The molecule has 0 amide bonds. The van der Waals surface area contributed by atoms with E-state index in [0.29, 0.717) is 0 Å². The van der Waals surface area contributed by atoms with Gasteiger partial charge >= 0.3 is 0 Å². The molecular formula is C16H23NO2. The lowest BCUT2D eigenvalue weighted by Crippen LogP contribution is -2.36. The highest BCUT2D eigenvalue weighted by atomic mass is 16.5. The van der Waals surface area contributed by atoms with Gasteiger partial charge in [0.15, 0.2) is 0 Å². The summed E-state index contributed by atoms with van der Waals surface area (Å²) >= 11 is 0. The van der Waals surface area contributed by atoms with Gasteiger partial charge in [-0.2, -0.15) is 0 Å². The van der Waals surface area contributed by atoms with E-state index in [0.717, 1.165) is 38.3 Å². The highest BCUT2D eigenvalue weighted by Crippen LogP contribution is 2.46. The summed E-state index contributed by atoms with van der Waals surface area (Å²) in [6.45, 7) is 9.93.